The van der Waals surface area contributed by atoms with E-state index in [1.165, 1.54) is 13.8 Å². The summed E-state index contributed by atoms with van der Waals surface area (Å²) in [5, 5.41) is 5.50. The van der Waals surface area contributed by atoms with Crippen LogP contribution in [0.5, 0.6) is 5.75 Å². The van der Waals surface area contributed by atoms with Crippen molar-refractivity contribution in [3.8, 4) is 5.75 Å². The van der Waals surface area contributed by atoms with Gasteiger partial charge in [0.15, 0.2) is 0 Å². The summed E-state index contributed by atoms with van der Waals surface area (Å²) < 4.78 is 19.8. The maximum absolute atomic E-state index is 13.8. The molecule has 2 amide bonds. The van der Waals surface area contributed by atoms with Crippen LogP contribution in [0.1, 0.15) is 76.1 Å². The monoisotopic (exact) mass is 541 g/mol. The van der Waals surface area contributed by atoms with Gasteiger partial charge in [0.1, 0.15) is 23.5 Å². The largest absolute Gasteiger partial charge is 0.462 e. The fourth-order valence-electron chi connectivity index (χ4n) is 3.16. The first-order valence-corrected chi connectivity index (χ1v) is 12.7. The van der Waals surface area contributed by atoms with E-state index in [-0.39, 0.29) is 22.1 Å². The molecule has 204 valence electrons. The molecule has 0 saturated carbocycles. The zero-order valence-electron chi connectivity index (χ0n) is 23.3. The standard InChI is InChI=1S/C28H31ClFN3O3.C2H6/c1-16(2)25(32-20(6)31-21(7)34)14-12-18(4)36-26-15-22(13-11-17(26)3)33-28(35)24-10-8-9-23(19(5)30)27(24)29;1-2/h8-15,19H,1H2,2-7H3,(H,33,35)(H,31,32,34);1-2H3/b18-12+,25-14+;. The van der Waals surface area contributed by atoms with Crippen LogP contribution >= 0.6 is 11.6 Å². The van der Waals surface area contributed by atoms with E-state index in [9.17, 15) is 14.0 Å². The Kier molecular flexibility index (Phi) is 13.2. The third kappa shape index (κ3) is 9.98. The first-order valence-electron chi connectivity index (χ1n) is 12.3. The summed E-state index contributed by atoms with van der Waals surface area (Å²) in [7, 11) is 0. The van der Waals surface area contributed by atoms with E-state index in [0.717, 1.165) is 11.1 Å². The van der Waals surface area contributed by atoms with Gasteiger partial charge in [-0.3, -0.25) is 9.59 Å². The molecule has 8 heteroatoms. The molecule has 6 nitrogen and oxygen atoms in total. The number of hydrogen-bond donors (Lipinski definition) is 2. The SMILES string of the molecule is C=C(C)/C(=C\C=C(/C)Oc1cc(NC(=O)c2cccc(C(C)F)c2Cl)ccc1C)N=C(C)NC(C)=O.CC. The molecule has 0 fully saturated rings. The second-order valence-electron chi connectivity index (χ2n) is 8.35. The molecule has 0 saturated heterocycles. The first kappa shape index (κ1) is 32.3. The van der Waals surface area contributed by atoms with Crippen molar-refractivity contribution in [3.63, 3.8) is 0 Å². The number of carbonyl (C=O) groups excluding carboxylic acids is 2. The number of aliphatic imine (C=N–C) groups is 1. The number of aryl methyl sites for hydroxylation is 1. The Morgan fingerprint density at radius 1 is 1.11 bits per heavy atom. The molecule has 0 aliphatic rings. The van der Waals surface area contributed by atoms with Crippen molar-refractivity contribution in [3.05, 3.63) is 93.9 Å². The number of anilines is 1. The van der Waals surface area contributed by atoms with Crippen molar-refractivity contribution in [2.24, 2.45) is 4.99 Å². The fraction of sp³-hybridized carbons (Fsp3) is 0.300. The predicted molar refractivity (Wildman–Crippen MR) is 156 cm³/mol. The molecule has 0 spiro atoms. The Hall–Kier alpha value is -3.71. The maximum Gasteiger partial charge on any atom is 0.257 e. The lowest BCUT2D eigenvalue weighted by Gasteiger charge is -2.13. The number of ether oxygens (including phenoxy) is 1. The summed E-state index contributed by atoms with van der Waals surface area (Å²) in [4.78, 5) is 28.4. The minimum Gasteiger partial charge on any atom is -0.462 e. The average Bonchev–Trinajstić information content (AvgIpc) is 2.84. The molecule has 0 radical (unpaired) electrons. The number of amides is 2. The summed E-state index contributed by atoms with van der Waals surface area (Å²) in [5.41, 5.74) is 3.10. The number of carbonyl (C=O) groups is 2. The summed E-state index contributed by atoms with van der Waals surface area (Å²) >= 11 is 6.25. The van der Waals surface area contributed by atoms with Crippen molar-refractivity contribution in [1.29, 1.82) is 0 Å². The summed E-state index contributed by atoms with van der Waals surface area (Å²) in [6.07, 6.45) is 2.19. The Bertz CT molecular complexity index is 1260. The highest BCUT2D eigenvalue weighted by atomic mass is 35.5. The molecular formula is C30H37ClFN3O3. The van der Waals surface area contributed by atoms with Crippen molar-refractivity contribution in [1.82, 2.24) is 5.32 Å². The van der Waals surface area contributed by atoms with E-state index in [0.29, 0.717) is 28.7 Å². The van der Waals surface area contributed by atoms with E-state index in [2.05, 4.69) is 22.2 Å². The molecule has 0 aromatic heterocycles. The van der Waals surface area contributed by atoms with Crippen molar-refractivity contribution in [2.45, 2.75) is 61.6 Å². The average molecular weight is 542 g/mol. The lowest BCUT2D eigenvalue weighted by atomic mass is 10.1. The molecule has 2 aromatic carbocycles. The van der Waals surface area contributed by atoms with Crippen LogP contribution in [0.25, 0.3) is 0 Å². The van der Waals surface area contributed by atoms with Gasteiger partial charge in [-0.2, -0.15) is 0 Å². The molecule has 2 rings (SSSR count). The molecule has 0 aliphatic heterocycles. The van der Waals surface area contributed by atoms with Gasteiger partial charge in [0.05, 0.1) is 16.3 Å². The van der Waals surface area contributed by atoms with E-state index in [4.69, 9.17) is 16.3 Å². The van der Waals surface area contributed by atoms with Crippen LogP contribution < -0.4 is 15.4 Å². The van der Waals surface area contributed by atoms with Crippen LogP contribution in [0, 0.1) is 6.92 Å². The Morgan fingerprint density at radius 2 is 1.76 bits per heavy atom. The number of amidine groups is 1. The molecule has 2 aromatic rings. The molecular weight excluding hydrogens is 505 g/mol. The first-order chi connectivity index (χ1) is 17.9. The van der Waals surface area contributed by atoms with Gasteiger partial charge in [-0.1, -0.05) is 50.2 Å². The summed E-state index contributed by atoms with van der Waals surface area (Å²) in [5.74, 6) is 0.907. The normalized spacial score (nSPS) is 12.6. The smallest absolute Gasteiger partial charge is 0.257 e. The maximum atomic E-state index is 13.8. The van der Waals surface area contributed by atoms with Gasteiger partial charge < -0.3 is 15.4 Å². The van der Waals surface area contributed by atoms with Gasteiger partial charge in [0, 0.05) is 24.2 Å². The van der Waals surface area contributed by atoms with Crippen LogP contribution in [0.3, 0.4) is 0 Å². The number of hydrogen-bond acceptors (Lipinski definition) is 4. The van der Waals surface area contributed by atoms with Crippen LogP contribution in [0.4, 0.5) is 10.1 Å². The molecule has 1 unspecified atom stereocenters. The Labute approximate surface area is 230 Å². The third-order valence-electron chi connectivity index (χ3n) is 4.98. The zero-order chi connectivity index (χ0) is 29.0. The van der Waals surface area contributed by atoms with E-state index in [1.54, 1.807) is 56.3 Å². The van der Waals surface area contributed by atoms with Crippen LogP contribution in [0.2, 0.25) is 5.02 Å². The molecule has 38 heavy (non-hydrogen) atoms. The molecule has 0 heterocycles. The minimum absolute atomic E-state index is 0.0869. The van der Waals surface area contributed by atoms with Crippen molar-refractivity contribution >= 4 is 34.9 Å². The van der Waals surface area contributed by atoms with Gasteiger partial charge in [-0.05, 0) is 70.0 Å². The highest BCUT2D eigenvalue weighted by Gasteiger charge is 2.17. The Balaban J connectivity index is 0.00000352. The predicted octanol–water partition coefficient (Wildman–Crippen LogP) is 8.25. The quantitative estimate of drug-likeness (QED) is 0.153. The second-order valence-corrected chi connectivity index (χ2v) is 8.73. The highest BCUT2D eigenvalue weighted by Crippen LogP contribution is 2.30. The van der Waals surface area contributed by atoms with Gasteiger partial charge in [-0.25, -0.2) is 9.38 Å². The van der Waals surface area contributed by atoms with Gasteiger partial charge in [0.25, 0.3) is 5.91 Å². The van der Waals surface area contributed by atoms with Gasteiger partial charge in [-0.15, -0.1) is 0 Å². The fourth-order valence-corrected chi connectivity index (χ4v) is 3.52. The molecule has 0 bridgehead atoms. The van der Waals surface area contributed by atoms with Crippen LogP contribution in [-0.4, -0.2) is 17.6 Å². The molecule has 1 atom stereocenters. The van der Waals surface area contributed by atoms with Crippen LogP contribution in [-0.2, 0) is 4.79 Å². The number of halogens is 2. The highest BCUT2D eigenvalue weighted by molar-refractivity contribution is 6.35. The van der Waals surface area contributed by atoms with E-state index < -0.39 is 12.1 Å². The van der Waals surface area contributed by atoms with Crippen LogP contribution in [0.15, 0.2) is 77.2 Å². The van der Waals surface area contributed by atoms with E-state index in [1.807, 2.05) is 33.8 Å². The lowest BCUT2D eigenvalue weighted by molar-refractivity contribution is -0.117. The number of allylic oxidation sites excluding steroid dienone is 4. The number of nitrogens with one attached hydrogen (secondary N) is 2. The van der Waals surface area contributed by atoms with E-state index >= 15 is 0 Å². The molecule has 2 N–H and O–H groups in total. The number of benzene rings is 2. The number of alkyl halides is 1. The van der Waals surface area contributed by atoms with Gasteiger partial charge in [0.2, 0.25) is 5.91 Å². The van der Waals surface area contributed by atoms with Gasteiger partial charge >= 0.3 is 0 Å². The number of nitrogens with zero attached hydrogens (tertiary/aromatic N) is 1. The minimum atomic E-state index is -1.29. The lowest BCUT2D eigenvalue weighted by Crippen LogP contribution is -2.25. The number of rotatable bonds is 8. The third-order valence-corrected chi connectivity index (χ3v) is 5.40. The van der Waals surface area contributed by atoms with Crippen molar-refractivity contribution in [2.75, 3.05) is 5.32 Å². The summed E-state index contributed by atoms with van der Waals surface area (Å²) in [6, 6.07) is 9.95. The zero-order valence-corrected chi connectivity index (χ0v) is 24.1. The summed E-state index contributed by atoms with van der Waals surface area (Å²) in [6.45, 7) is 17.9. The topological polar surface area (TPSA) is 79.8 Å². The Morgan fingerprint density at radius 3 is 2.34 bits per heavy atom. The molecule has 0 aliphatic carbocycles. The second kappa shape index (κ2) is 15.5. The van der Waals surface area contributed by atoms with Crippen molar-refractivity contribution < 1.29 is 18.7 Å².